The Morgan fingerprint density at radius 3 is 2.30 bits per heavy atom. The third-order valence-electron chi connectivity index (χ3n) is 2.46. The Morgan fingerprint density at radius 2 is 1.80 bits per heavy atom. The predicted molar refractivity (Wildman–Crippen MR) is 73.0 cm³/mol. The molecule has 0 fully saturated rings. The topological polar surface area (TPSA) is 84.9 Å². The lowest BCUT2D eigenvalue weighted by molar-refractivity contribution is 0.0488. The Labute approximate surface area is 117 Å². The first-order chi connectivity index (χ1) is 9.34. The van der Waals surface area contributed by atoms with Gasteiger partial charge in [0.15, 0.2) is 5.78 Å². The van der Waals surface area contributed by atoms with E-state index in [1.54, 1.807) is 24.3 Å². The molecule has 0 aliphatic rings. The van der Waals surface area contributed by atoms with Crippen molar-refractivity contribution in [3.05, 3.63) is 29.8 Å². The highest BCUT2D eigenvalue weighted by Gasteiger charge is 2.24. The van der Waals surface area contributed by atoms with Crippen molar-refractivity contribution in [2.24, 2.45) is 0 Å². The minimum atomic E-state index is -1.40. The van der Waals surface area contributed by atoms with Gasteiger partial charge in [0.05, 0.1) is 0 Å². The lowest BCUT2D eigenvalue weighted by Gasteiger charge is -2.15. The normalized spacial score (nSPS) is 10.8. The summed E-state index contributed by atoms with van der Waals surface area (Å²) in [5.41, 5.74) is -0.990. The summed E-state index contributed by atoms with van der Waals surface area (Å²) in [6, 6.07) is 6.40. The molecule has 0 saturated carbocycles. The van der Waals surface area contributed by atoms with Gasteiger partial charge in [-0.05, 0) is 38.1 Å². The van der Waals surface area contributed by atoms with E-state index in [4.69, 9.17) is 9.47 Å². The number of Topliss-reactive ketones (excluding diaryl/α,β-unsaturated/α-hetero) is 1. The van der Waals surface area contributed by atoms with Crippen molar-refractivity contribution in [2.75, 3.05) is 20.3 Å². The van der Waals surface area contributed by atoms with E-state index in [1.165, 1.54) is 20.9 Å². The van der Waals surface area contributed by atoms with Crippen LogP contribution in [-0.2, 0) is 4.74 Å². The molecule has 6 heteroatoms. The zero-order valence-corrected chi connectivity index (χ0v) is 11.8. The molecule has 0 aromatic heterocycles. The van der Waals surface area contributed by atoms with Crippen molar-refractivity contribution >= 4 is 11.9 Å². The molecule has 1 aromatic carbocycles. The fourth-order valence-electron chi connectivity index (χ4n) is 1.42. The molecule has 1 rings (SSSR count). The molecular formula is C14H19NO5. The minimum absolute atomic E-state index is 0.129. The standard InChI is InChI=1S/C14H19NO5/c1-14(2,18)12(16)10-4-6-11(7-5-10)19-8-9-20-13(17)15-3/h4-7,18H,8-9H2,1-3H3,(H,15,17). The number of benzene rings is 1. The molecule has 1 aromatic rings. The predicted octanol–water partition coefficient (Wildman–Crippen LogP) is 1.38. The van der Waals surface area contributed by atoms with Crippen LogP contribution in [0.3, 0.4) is 0 Å². The summed E-state index contributed by atoms with van der Waals surface area (Å²) in [5, 5.41) is 11.9. The zero-order chi connectivity index (χ0) is 15.2. The maximum Gasteiger partial charge on any atom is 0.406 e. The summed E-state index contributed by atoms with van der Waals surface area (Å²) in [6.45, 7) is 3.22. The Morgan fingerprint density at radius 1 is 1.20 bits per heavy atom. The molecule has 0 atom stereocenters. The third-order valence-corrected chi connectivity index (χ3v) is 2.46. The summed E-state index contributed by atoms with van der Waals surface area (Å²) in [7, 11) is 1.47. The van der Waals surface area contributed by atoms with E-state index in [1.807, 2.05) is 0 Å². The highest BCUT2D eigenvalue weighted by molar-refractivity contribution is 6.01. The van der Waals surface area contributed by atoms with E-state index in [0.29, 0.717) is 11.3 Å². The smallest absolute Gasteiger partial charge is 0.406 e. The van der Waals surface area contributed by atoms with Gasteiger partial charge in [0, 0.05) is 12.6 Å². The minimum Gasteiger partial charge on any atom is -0.490 e. The van der Waals surface area contributed by atoms with Crippen molar-refractivity contribution in [1.82, 2.24) is 5.32 Å². The molecule has 1 amide bonds. The van der Waals surface area contributed by atoms with Crippen LogP contribution in [0, 0.1) is 0 Å². The van der Waals surface area contributed by atoms with Crippen molar-refractivity contribution in [1.29, 1.82) is 0 Å². The fourth-order valence-corrected chi connectivity index (χ4v) is 1.42. The second kappa shape index (κ2) is 6.91. The number of alkyl carbamates (subject to hydrolysis) is 1. The Balaban J connectivity index is 2.47. The molecular weight excluding hydrogens is 262 g/mol. The van der Waals surface area contributed by atoms with Crippen molar-refractivity contribution < 1.29 is 24.2 Å². The third kappa shape index (κ3) is 4.89. The van der Waals surface area contributed by atoms with Crippen LogP contribution in [0.25, 0.3) is 0 Å². The molecule has 6 nitrogen and oxygen atoms in total. The number of nitrogens with one attached hydrogen (secondary N) is 1. The molecule has 0 radical (unpaired) electrons. The summed E-state index contributed by atoms with van der Waals surface area (Å²) >= 11 is 0. The van der Waals surface area contributed by atoms with Gasteiger partial charge in [0.2, 0.25) is 0 Å². The van der Waals surface area contributed by atoms with Crippen LogP contribution < -0.4 is 10.1 Å². The van der Waals surface area contributed by atoms with Crippen molar-refractivity contribution in [2.45, 2.75) is 19.4 Å². The second-order valence-corrected chi connectivity index (χ2v) is 4.65. The average Bonchev–Trinajstić information content (AvgIpc) is 2.42. The highest BCUT2D eigenvalue weighted by atomic mass is 16.6. The van der Waals surface area contributed by atoms with E-state index in [0.717, 1.165) is 0 Å². The number of carbonyl (C=O) groups is 2. The first-order valence-corrected chi connectivity index (χ1v) is 6.19. The largest absolute Gasteiger partial charge is 0.490 e. The van der Waals surface area contributed by atoms with Crippen molar-refractivity contribution in [3.8, 4) is 5.75 Å². The van der Waals surface area contributed by atoms with Gasteiger partial charge in [-0.2, -0.15) is 0 Å². The molecule has 2 N–H and O–H groups in total. The molecule has 0 aliphatic heterocycles. The summed E-state index contributed by atoms with van der Waals surface area (Å²) < 4.78 is 10.1. The van der Waals surface area contributed by atoms with Gasteiger partial charge in [-0.15, -0.1) is 0 Å². The van der Waals surface area contributed by atoms with Crippen LogP contribution in [0.2, 0.25) is 0 Å². The van der Waals surface area contributed by atoms with E-state index in [-0.39, 0.29) is 19.0 Å². The van der Waals surface area contributed by atoms with Crippen LogP contribution >= 0.6 is 0 Å². The highest BCUT2D eigenvalue weighted by Crippen LogP contribution is 2.17. The second-order valence-electron chi connectivity index (χ2n) is 4.65. The van der Waals surface area contributed by atoms with Gasteiger partial charge in [-0.3, -0.25) is 4.79 Å². The SMILES string of the molecule is CNC(=O)OCCOc1ccc(C(=O)C(C)(C)O)cc1. The van der Waals surface area contributed by atoms with E-state index in [2.05, 4.69) is 5.32 Å². The van der Waals surface area contributed by atoms with E-state index in [9.17, 15) is 14.7 Å². The zero-order valence-electron chi connectivity index (χ0n) is 11.8. The van der Waals surface area contributed by atoms with Crippen LogP contribution in [0.15, 0.2) is 24.3 Å². The molecule has 0 heterocycles. The van der Waals surface area contributed by atoms with Crippen molar-refractivity contribution in [3.63, 3.8) is 0 Å². The maximum atomic E-state index is 11.8. The number of ketones is 1. The number of carbonyl (C=O) groups excluding carboxylic acids is 2. The number of ether oxygens (including phenoxy) is 2. The quantitative estimate of drug-likeness (QED) is 0.607. The lowest BCUT2D eigenvalue weighted by Crippen LogP contribution is -2.30. The number of hydrogen-bond donors (Lipinski definition) is 2. The summed E-state index contributed by atoms with van der Waals surface area (Å²) in [4.78, 5) is 22.6. The molecule has 0 spiro atoms. The van der Waals surface area contributed by atoms with Gasteiger partial charge in [0.25, 0.3) is 0 Å². The van der Waals surface area contributed by atoms with Crippen LogP contribution in [-0.4, -0.2) is 42.8 Å². The Bertz CT molecular complexity index is 461. The Hall–Kier alpha value is -2.08. The van der Waals surface area contributed by atoms with Crippen LogP contribution in [0.1, 0.15) is 24.2 Å². The number of rotatable bonds is 6. The van der Waals surface area contributed by atoms with E-state index < -0.39 is 11.7 Å². The number of amides is 1. The van der Waals surface area contributed by atoms with E-state index >= 15 is 0 Å². The fraction of sp³-hybridized carbons (Fsp3) is 0.429. The van der Waals surface area contributed by atoms with Gasteiger partial charge in [0.1, 0.15) is 24.6 Å². The molecule has 0 saturated heterocycles. The van der Waals surface area contributed by atoms with Crippen LogP contribution in [0.4, 0.5) is 4.79 Å². The average molecular weight is 281 g/mol. The Kier molecular flexibility index (Phi) is 5.52. The van der Waals surface area contributed by atoms with Crippen LogP contribution in [0.5, 0.6) is 5.75 Å². The summed E-state index contributed by atoms with van der Waals surface area (Å²) in [5.74, 6) is 0.199. The molecule has 0 bridgehead atoms. The maximum absolute atomic E-state index is 11.8. The molecule has 0 unspecified atom stereocenters. The van der Waals surface area contributed by atoms with Gasteiger partial charge in [-0.25, -0.2) is 4.79 Å². The molecule has 110 valence electrons. The van der Waals surface area contributed by atoms with Gasteiger partial charge >= 0.3 is 6.09 Å². The number of hydrogen-bond acceptors (Lipinski definition) is 5. The first-order valence-electron chi connectivity index (χ1n) is 6.19. The van der Waals surface area contributed by atoms with Gasteiger partial charge in [-0.1, -0.05) is 0 Å². The monoisotopic (exact) mass is 281 g/mol. The summed E-state index contributed by atoms with van der Waals surface area (Å²) in [6.07, 6.45) is -0.514. The first kappa shape index (κ1) is 16.0. The molecule has 20 heavy (non-hydrogen) atoms. The molecule has 0 aliphatic carbocycles. The van der Waals surface area contributed by atoms with Gasteiger partial charge < -0.3 is 19.9 Å². The number of aliphatic hydroxyl groups is 1. The lowest BCUT2D eigenvalue weighted by atomic mass is 9.97.